The molecule has 12 heteroatoms. The highest BCUT2D eigenvalue weighted by Crippen LogP contribution is 2.36. The summed E-state index contributed by atoms with van der Waals surface area (Å²) in [7, 11) is -0.0836. The van der Waals surface area contributed by atoms with Crippen LogP contribution in [0.3, 0.4) is 0 Å². The Balaban J connectivity index is 1.92. The van der Waals surface area contributed by atoms with E-state index in [1.165, 1.54) is 23.0 Å². The number of rotatable bonds is 8. The quantitative estimate of drug-likeness (QED) is 0.391. The summed E-state index contributed by atoms with van der Waals surface area (Å²) in [4.78, 5) is 19.0. The Morgan fingerprint density at radius 3 is 2.66 bits per heavy atom. The number of hydrogen-bond acceptors (Lipinski definition) is 6. The number of hydrogen-bond donors (Lipinski definition) is 3. The number of pyridine rings is 1. The maximum Gasteiger partial charge on any atom is 0.332 e. The first-order valence-corrected chi connectivity index (χ1v) is 12.8. The third-order valence-corrected chi connectivity index (χ3v) is 6.88. The van der Waals surface area contributed by atoms with Gasteiger partial charge in [0.15, 0.2) is 14.9 Å². The third-order valence-electron chi connectivity index (χ3n) is 5.17. The largest absolute Gasteiger partial charge is 0.332 e. The van der Waals surface area contributed by atoms with E-state index in [9.17, 15) is 13.4 Å². The molecule has 0 radical (unpaired) electrons. The number of nitrogens with zero attached hydrogens (tertiary/aromatic N) is 4. The van der Waals surface area contributed by atoms with Gasteiger partial charge in [0.2, 0.25) is 0 Å². The van der Waals surface area contributed by atoms with Crippen molar-refractivity contribution in [2.75, 3.05) is 26.0 Å². The minimum Gasteiger partial charge on any atom is -0.308 e. The van der Waals surface area contributed by atoms with Crippen molar-refractivity contribution in [3.8, 4) is 11.1 Å². The molecule has 1 unspecified atom stereocenters. The third kappa shape index (κ3) is 6.56. The van der Waals surface area contributed by atoms with Crippen molar-refractivity contribution >= 4 is 33.2 Å². The predicted octanol–water partition coefficient (Wildman–Crippen LogP) is 4.87. The van der Waals surface area contributed by atoms with Crippen LogP contribution in [0.4, 0.5) is 14.9 Å². The standard InChI is InChI=1S/C23H29ClFN7O2S/c1-14(2)18-11-17(25)12-19(16-6-7-27-15(3)10-16)21(18)28-23(33)30-35(26,34)22-20(24)13-32(29-22)9-8-31(4)5/h6-7,10-14H,8-9H2,1-5H3,(H3,26,28,30,33,34). The molecule has 3 rings (SSSR count). The fourth-order valence-corrected chi connectivity index (χ4v) is 4.90. The van der Waals surface area contributed by atoms with Crippen LogP contribution in [-0.4, -0.2) is 50.5 Å². The highest BCUT2D eigenvalue weighted by molar-refractivity contribution is 7.91. The summed E-state index contributed by atoms with van der Waals surface area (Å²) in [5, 5.41) is 6.60. The molecule has 35 heavy (non-hydrogen) atoms. The van der Waals surface area contributed by atoms with E-state index >= 15 is 0 Å². The molecule has 188 valence electrons. The van der Waals surface area contributed by atoms with Gasteiger partial charge in [0.1, 0.15) is 5.82 Å². The summed E-state index contributed by atoms with van der Waals surface area (Å²) >= 11 is 6.18. The van der Waals surface area contributed by atoms with Crippen LogP contribution in [-0.2, 0) is 16.5 Å². The average molecular weight is 522 g/mol. The zero-order valence-electron chi connectivity index (χ0n) is 20.2. The van der Waals surface area contributed by atoms with Gasteiger partial charge < -0.3 is 10.2 Å². The second-order valence-electron chi connectivity index (χ2n) is 8.72. The number of carbonyl (C=O) groups is 1. The van der Waals surface area contributed by atoms with Crippen LogP contribution in [0.5, 0.6) is 0 Å². The normalized spacial score (nSPS) is 13.2. The molecule has 0 aliphatic rings. The van der Waals surface area contributed by atoms with Crippen LogP contribution in [0.2, 0.25) is 5.02 Å². The number of anilines is 1. The molecule has 2 heterocycles. The van der Waals surface area contributed by atoms with Gasteiger partial charge in [0.25, 0.3) is 0 Å². The number of nitrogens with one attached hydrogen (secondary N) is 3. The van der Waals surface area contributed by atoms with E-state index in [2.05, 4.69) is 20.1 Å². The lowest BCUT2D eigenvalue weighted by atomic mass is 9.94. The SMILES string of the molecule is Cc1cc(-c2cc(F)cc(C(C)C)c2NC(=O)NS(=N)(=O)c2nn(CCN(C)C)cc2Cl)ccn1. The van der Waals surface area contributed by atoms with Gasteiger partial charge >= 0.3 is 6.03 Å². The van der Waals surface area contributed by atoms with E-state index in [4.69, 9.17) is 16.4 Å². The van der Waals surface area contributed by atoms with Crippen molar-refractivity contribution in [3.63, 3.8) is 0 Å². The molecule has 0 fully saturated rings. The Morgan fingerprint density at radius 1 is 1.31 bits per heavy atom. The molecule has 0 aliphatic heterocycles. The summed E-state index contributed by atoms with van der Waals surface area (Å²) in [6.45, 7) is 6.67. The lowest BCUT2D eigenvalue weighted by Gasteiger charge is -2.19. The Hall–Kier alpha value is -3.02. The van der Waals surface area contributed by atoms with Crippen LogP contribution in [0.25, 0.3) is 11.1 Å². The number of aryl methyl sites for hydroxylation is 1. The average Bonchev–Trinajstić information content (AvgIpc) is 3.14. The van der Waals surface area contributed by atoms with Crippen molar-refractivity contribution in [2.24, 2.45) is 0 Å². The molecule has 0 saturated heterocycles. The fraction of sp³-hybridized carbons (Fsp3) is 0.348. The topological polar surface area (TPSA) is 116 Å². The van der Waals surface area contributed by atoms with Crippen molar-refractivity contribution < 1.29 is 13.4 Å². The smallest absolute Gasteiger partial charge is 0.308 e. The van der Waals surface area contributed by atoms with E-state index in [0.29, 0.717) is 35.5 Å². The second kappa shape index (κ2) is 10.7. The second-order valence-corrected chi connectivity index (χ2v) is 10.8. The van der Waals surface area contributed by atoms with Gasteiger partial charge in [-0.2, -0.15) is 5.10 Å². The molecular formula is C23H29ClFN7O2S. The highest BCUT2D eigenvalue weighted by atomic mass is 35.5. The summed E-state index contributed by atoms with van der Waals surface area (Å²) < 4.78 is 39.5. The van der Waals surface area contributed by atoms with Crippen LogP contribution in [0, 0.1) is 17.5 Å². The van der Waals surface area contributed by atoms with E-state index in [1.54, 1.807) is 18.3 Å². The zero-order valence-corrected chi connectivity index (χ0v) is 21.8. The lowest BCUT2D eigenvalue weighted by Crippen LogP contribution is -2.34. The van der Waals surface area contributed by atoms with Crippen molar-refractivity contribution in [2.45, 2.75) is 38.3 Å². The molecule has 0 saturated carbocycles. The molecule has 2 amide bonds. The van der Waals surface area contributed by atoms with Gasteiger partial charge in [-0.15, -0.1) is 0 Å². The number of amides is 2. The van der Waals surface area contributed by atoms with Crippen molar-refractivity contribution in [3.05, 3.63) is 58.8 Å². The van der Waals surface area contributed by atoms with Crippen molar-refractivity contribution in [1.29, 1.82) is 4.78 Å². The summed E-state index contributed by atoms with van der Waals surface area (Å²) in [5.41, 5.74) is 2.72. The summed E-state index contributed by atoms with van der Waals surface area (Å²) in [5.74, 6) is -0.590. The molecule has 9 nitrogen and oxygen atoms in total. The van der Waals surface area contributed by atoms with Crippen LogP contribution >= 0.6 is 11.6 Å². The molecule has 0 aliphatic carbocycles. The molecule has 1 atom stereocenters. The van der Waals surface area contributed by atoms with E-state index in [-0.39, 0.29) is 16.0 Å². The highest BCUT2D eigenvalue weighted by Gasteiger charge is 2.24. The van der Waals surface area contributed by atoms with E-state index in [1.807, 2.05) is 39.8 Å². The molecule has 3 N–H and O–H groups in total. The molecule has 2 aromatic heterocycles. The number of carbonyl (C=O) groups excluding carboxylic acids is 1. The van der Waals surface area contributed by atoms with E-state index < -0.39 is 21.8 Å². The van der Waals surface area contributed by atoms with Gasteiger partial charge in [0.05, 0.1) is 17.3 Å². The maximum atomic E-state index is 14.5. The first-order valence-electron chi connectivity index (χ1n) is 10.9. The molecular weight excluding hydrogens is 493 g/mol. The predicted molar refractivity (Wildman–Crippen MR) is 136 cm³/mol. The summed E-state index contributed by atoms with van der Waals surface area (Å²) in [6.07, 6.45) is 3.06. The lowest BCUT2D eigenvalue weighted by molar-refractivity contribution is 0.256. The zero-order chi connectivity index (χ0) is 25.9. The Morgan fingerprint density at radius 2 is 2.03 bits per heavy atom. The molecule has 0 spiro atoms. The maximum absolute atomic E-state index is 14.5. The van der Waals surface area contributed by atoms with Gasteiger partial charge in [-0.25, -0.2) is 22.9 Å². The Bertz CT molecular complexity index is 1340. The number of benzene rings is 1. The van der Waals surface area contributed by atoms with E-state index in [0.717, 1.165) is 5.69 Å². The van der Waals surface area contributed by atoms with Crippen LogP contribution < -0.4 is 10.0 Å². The Kier molecular flexibility index (Phi) is 8.14. The van der Waals surface area contributed by atoms with Crippen LogP contribution in [0.15, 0.2) is 41.7 Å². The molecule has 0 bridgehead atoms. The van der Waals surface area contributed by atoms with Gasteiger partial charge in [-0.05, 0) is 62.3 Å². The fourth-order valence-electron chi connectivity index (χ4n) is 3.47. The Labute approximate surface area is 209 Å². The minimum absolute atomic E-state index is 0.0154. The van der Waals surface area contributed by atoms with Gasteiger partial charge in [-0.3, -0.25) is 9.67 Å². The molecule has 1 aromatic carbocycles. The number of likely N-dealkylation sites (N-methyl/N-ethyl adjacent to an activating group) is 1. The number of urea groups is 1. The minimum atomic E-state index is -3.88. The van der Waals surface area contributed by atoms with Crippen molar-refractivity contribution in [1.82, 2.24) is 24.4 Å². The van der Waals surface area contributed by atoms with Gasteiger partial charge in [-0.1, -0.05) is 25.4 Å². The number of halogens is 2. The van der Waals surface area contributed by atoms with Gasteiger partial charge in [0, 0.05) is 30.2 Å². The number of aromatic nitrogens is 3. The first-order chi connectivity index (χ1) is 16.4. The van der Waals surface area contributed by atoms with Crippen LogP contribution in [0.1, 0.15) is 31.0 Å². The summed E-state index contributed by atoms with van der Waals surface area (Å²) in [6, 6.07) is 5.25. The monoisotopic (exact) mass is 521 g/mol. The molecule has 3 aromatic rings. The first kappa shape index (κ1) is 26.6.